The first-order chi connectivity index (χ1) is 9.49. The average Bonchev–Trinajstić information content (AvgIpc) is 2.80. The molecule has 5 heteroatoms. The number of benzene rings is 1. The van der Waals surface area contributed by atoms with E-state index in [1.807, 2.05) is 17.5 Å². The van der Waals surface area contributed by atoms with Crippen molar-refractivity contribution in [3.8, 4) is 5.75 Å². The summed E-state index contributed by atoms with van der Waals surface area (Å²) in [5, 5.41) is 11.5. The Labute approximate surface area is 122 Å². The van der Waals surface area contributed by atoms with Crippen molar-refractivity contribution in [3.63, 3.8) is 0 Å². The fraction of sp³-hybridized carbons (Fsp3) is 0.333. The van der Waals surface area contributed by atoms with Crippen molar-refractivity contribution in [2.75, 3.05) is 7.11 Å². The van der Waals surface area contributed by atoms with Crippen LogP contribution in [0.4, 0.5) is 0 Å². The minimum Gasteiger partial charge on any atom is -0.497 e. The summed E-state index contributed by atoms with van der Waals surface area (Å²) >= 11 is 1.51. The van der Waals surface area contributed by atoms with E-state index in [1.165, 1.54) is 16.9 Å². The summed E-state index contributed by atoms with van der Waals surface area (Å²) in [5.41, 5.74) is 4.18. The van der Waals surface area contributed by atoms with Gasteiger partial charge in [0.1, 0.15) is 5.75 Å². The van der Waals surface area contributed by atoms with E-state index in [1.54, 1.807) is 7.11 Å². The summed E-state index contributed by atoms with van der Waals surface area (Å²) < 4.78 is 5.25. The van der Waals surface area contributed by atoms with Gasteiger partial charge in [-0.15, -0.1) is 11.3 Å². The van der Waals surface area contributed by atoms with E-state index in [0.29, 0.717) is 5.69 Å². The number of hydrogen-bond donors (Lipinski definition) is 1. The maximum absolute atomic E-state index is 10.7. The van der Waals surface area contributed by atoms with Crippen molar-refractivity contribution in [2.45, 2.75) is 26.7 Å². The molecule has 0 saturated heterocycles. The Kier molecular flexibility index (Phi) is 4.39. The van der Waals surface area contributed by atoms with Crippen molar-refractivity contribution < 1.29 is 14.6 Å². The monoisotopic (exact) mass is 291 g/mol. The third kappa shape index (κ3) is 3.36. The average molecular weight is 291 g/mol. The van der Waals surface area contributed by atoms with Gasteiger partial charge in [-0.25, -0.2) is 4.98 Å². The Morgan fingerprint density at radius 1 is 1.35 bits per heavy atom. The first-order valence-electron chi connectivity index (χ1n) is 6.28. The van der Waals surface area contributed by atoms with Gasteiger partial charge in [-0.05, 0) is 42.7 Å². The summed E-state index contributed by atoms with van der Waals surface area (Å²) in [5.74, 6) is 0.00751. The molecule has 1 aromatic heterocycles. The molecule has 0 bridgehead atoms. The lowest BCUT2D eigenvalue weighted by Gasteiger charge is -2.11. The Balaban J connectivity index is 2.21. The maximum atomic E-state index is 10.7. The van der Waals surface area contributed by atoms with Crippen LogP contribution in [0.5, 0.6) is 5.75 Å². The number of aliphatic carboxylic acids is 1. The van der Waals surface area contributed by atoms with Crippen molar-refractivity contribution in [2.24, 2.45) is 0 Å². The molecule has 0 atom stereocenters. The maximum Gasteiger partial charge on any atom is 0.309 e. The lowest BCUT2D eigenvalue weighted by Crippen LogP contribution is -2.01. The van der Waals surface area contributed by atoms with Gasteiger partial charge in [-0.3, -0.25) is 4.79 Å². The first kappa shape index (κ1) is 14.5. The van der Waals surface area contributed by atoms with Gasteiger partial charge in [0.25, 0.3) is 0 Å². The molecule has 0 aliphatic rings. The molecule has 1 N–H and O–H groups in total. The molecule has 0 radical (unpaired) electrons. The molecular weight excluding hydrogens is 274 g/mol. The zero-order valence-corrected chi connectivity index (χ0v) is 12.6. The number of carbonyl (C=O) groups is 1. The number of nitrogens with zero attached hydrogens (tertiary/aromatic N) is 1. The zero-order valence-electron chi connectivity index (χ0n) is 11.8. The minimum absolute atomic E-state index is 0.0168. The summed E-state index contributed by atoms with van der Waals surface area (Å²) in [4.78, 5) is 15.0. The quantitative estimate of drug-likeness (QED) is 0.920. The predicted octanol–water partition coefficient (Wildman–Crippen LogP) is 2.99. The van der Waals surface area contributed by atoms with Crippen LogP contribution in [-0.4, -0.2) is 23.2 Å². The Bertz CT molecular complexity index is 611. The van der Waals surface area contributed by atoms with Crippen LogP contribution in [-0.2, 0) is 17.6 Å². The molecule has 20 heavy (non-hydrogen) atoms. The highest BCUT2D eigenvalue weighted by atomic mass is 32.1. The normalized spacial score (nSPS) is 10.6. The van der Waals surface area contributed by atoms with Gasteiger partial charge < -0.3 is 9.84 Å². The molecule has 0 amide bonds. The van der Waals surface area contributed by atoms with E-state index in [9.17, 15) is 4.79 Å². The molecule has 0 unspecified atom stereocenters. The van der Waals surface area contributed by atoms with E-state index >= 15 is 0 Å². The third-order valence-electron chi connectivity index (χ3n) is 3.16. The molecule has 2 aromatic rings. The standard InChI is InChI=1S/C15H17NO3S/c1-9-4-12(19-3)5-10(2)13(9)7-14-16-11(8-20-14)6-15(17)18/h4-5,8H,6-7H2,1-3H3,(H,17,18). The second-order valence-corrected chi connectivity index (χ2v) is 5.66. The fourth-order valence-electron chi connectivity index (χ4n) is 2.17. The van der Waals surface area contributed by atoms with Gasteiger partial charge in [0.2, 0.25) is 0 Å². The lowest BCUT2D eigenvalue weighted by atomic mass is 10.00. The smallest absolute Gasteiger partial charge is 0.309 e. The highest BCUT2D eigenvalue weighted by Gasteiger charge is 2.11. The van der Waals surface area contributed by atoms with Crippen LogP contribution in [0.15, 0.2) is 17.5 Å². The molecule has 1 heterocycles. The highest BCUT2D eigenvalue weighted by molar-refractivity contribution is 7.09. The van der Waals surface area contributed by atoms with Gasteiger partial charge in [0, 0.05) is 11.8 Å². The Hall–Kier alpha value is -1.88. The van der Waals surface area contributed by atoms with Crippen molar-refractivity contribution >= 4 is 17.3 Å². The Morgan fingerprint density at radius 2 is 2.00 bits per heavy atom. The van der Waals surface area contributed by atoms with E-state index < -0.39 is 5.97 Å². The molecule has 1 aromatic carbocycles. The second-order valence-electron chi connectivity index (χ2n) is 4.72. The number of aryl methyl sites for hydroxylation is 2. The minimum atomic E-state index is -0.848. The third-order valence-corrected chi connectivity index (χ3v) is 4.06. The summed E-state index contributed by atoms with van der Waals surface area (Å²) in [7, 11) is 1.66. The van der Waals surface area contributed by atoms with Crippen LogP contribution in [0.2, 0.25) is 0 Å². The SMILES string of the molecule is COc1cc(C)c(Cc2nc(CC(=O)O)cs2)c(C)c1. The molecule has 0 aliphatic heterocycles. The summed E-state index contributed by atoms with van der Waals surface area (Å²) in [6.07, 6.45) is 0.711. The number of ether oxygens (including phenoxy) is 1. The zero-order chi connectivity index (χ0) is 14.7. The van der Waals surface area contributed by atoms with Crippen LogP contribution < -0.4 is 4.74 Å². The largest absolute Gasteiger partial charge is 0.497 e. The second kappa shape index (κ2) is 6.05. The number of carboxylic acid groups (broad SMARTS) is 1. The molecule has 106 valence electrons. The number of aromatic nitrogens is 1. The van der Waals surface area contributed by atoms with Crippen LogP contribution in [0.3, 0.4) is 0 Å². The molecular formula is C15H17NO3S. The molecule has 4 nitrogen and oxygen atoms in total. The highest BCUT2D eigenvalue weighted by Crippen LogP contribution is 2.25. The number of rotatable bonds is 5. The lowest BCUT2D eigenvalue weighted by molar-refractivity contribution is -0.136. The molecule has 0 saturated carbocycles. The van der Waals surface area contributed by atoms with Crippen molar-refractivity contribution in [1.29, 1.82) is 0 Å². The number of hydrogen-bond acceptors (Lipinski definition) is 4. The first-order valence-corrected chi connectivity index (χ1v) is 7.16. The van der Waals surface area contributed by atoms with E-state index in [-0.39, 0.29) is 6.42 Å². The summed E-state index contributed by atoms with van der Waals surface area (Å²) in [6, 6.07) is 4.02. The number of thiazole rings is 1. The Morgan fingerprint density at radius 3 is 2.55 bits per heavy atom. The summed E-state index contributed by atoms with van der Waals surface area (Å²) in [6.45, 7) is 4.10. The number of carboxylic acids is 1. The van der Waals surface area contributed by atoms with Gasteiger partial charge in [0.15, 0.2) is 0 Å². The van der Waals surface area contributed by atoms with Crippen molar-refractivity contribution in [3.05, 3.63) is 44.9 Å². The van der Waals surface area contributed by atoms with Crippen LogP contribution in [0, 0.1) is 13.8 Å². The molecule has 0 spiro atoms. The topological polar surface area (TPSA) is 59.4 Å². The van der Waals surface area contributed by atoms with E-state index in [0.717, 1.165) is 28.3 Å². The number of methoxy groups -OCH3 is 1. The fourth-order valence-corrected chi connectivity index (χ4v) is 2.97. The van der Waals surface area contributed by atoms with E-state index in [2.05, 4.69) is 18.8 Å². The molecule has 2 rings (SSSR count). The van der Waals surface area contributed by atoms with Crippen LogP contribution in [0.25, 0.3) is 0 Å². The van der Waals surface area contributed by atoms with Gasteiger partial charge in [0.05, 0.1) is 24.2 Å². The van der Waals surface area contributed by atoms with Gasteiger partial charge >= 0.3 is 5.97 Å². The van der Waals surface area contributed by atoms with E-state index in [4.69, 9.17) is 9.84 Å². The van der Waals surface area contributed by atoms with Crippen LogP contribution in [0.1, 0.15) is 27.4 Å². The van der Waals surface area contributed by atoms with Gasteiger partial charge in [-0.1, -0.05) is 0 Å². The molecule has 0 fully saturated rings. The van der Waals surface area contributed by atoms with Crippen molar-refractivity contribution in [1.82, 2.24) is 4.98 Å². The molecule has 0 aliphatic carbocycles. The van der Waals surface area contributed by atoms with Gasteiger partial charge in [-0.2, -0.15) is 0 Å². The van der Waals surface area contributed by atoms with Crippen LogP contribution >= 0.6 is 11.3 Å². The predicted molar refractivity (Wildman–Crippen MR) is 78.7 cm³/mol.